The molecule has 0 unspecified atom stereocenters. The van der Waals surface area contributed by atoms with Gasteiger partial charge in [-0.25, -0.2) is 9.18 Å². The van der Waals surface area contributed by atoms with Crippen LogP contribution in [0.15, 0.2) is 17.1 Å². The molecular formula is C9H8FNO2. The third-order valence-electron chi connectivity index (χ3n) is 1.71. The largest absolute Gasteiger partial charge is 0.496 e. The second kappa shape index (κ2) is 3.83. The molecule has 0 atom stereocenters. The van der Waals surface area contributed by atoms with Gasteiger partial charge in [-0.15, -0.1) is 0 Å². The summed E-state index contributed by atoms with van der Waals surface area (Å²) in [7, 11) is 1.47. The van der Waals surface area contributed by atoms with Crippen molar-refractivity contribution in [2.24, 2.45) is 4.99 Å². The number of ether oxygens (including phenoxy) is 1. The molecule has 68 valence electrons. The van der Waals surface area contributed by atoms with Gasteiger partial charge in [0.1, 0.15) is 17.3 Å². The van der Waals surface area contributed by atoms with Crippen LogP contribution in [0.2, 0.25) is 0 Å². The normalized spacial score (nSPS) is 9.15. The van der Waals surface area contributed by atoms with E-state index in [4.69, 9.17) is 4.74 Å². The Morgan fingerprint density at radius 1 is 1.54 bits per heavy atom. The molecule has 0 N–H and O–H groups in total. The van der Waals surface area contributed by atoms with Gasteiger partial charge >= 0.3 is 0 Å². The molecule has 0 aliphatic heterocycles. The van der Waals surface area contributed by atoms with Gasteiger partial charge in [0.15, 0.2) is 0 Å². The summed E-state index contributed by atoms with van der Waals surface area (Å²) in [6.07, 6.45) is 1.30. The van der Waals surface area contributed by atoms with E-state index in [2.05, 4.69) is 4.99 Å². The zero-order valence-corrected chi connectivity index (χ0v) is 7.30. The second-order valence-corrected chi connectivity index (χ2v) is 2.43. The van der Waals surface area contributed by atoms with Crippen LogP contribution in [0.3, 0.4) is 0 Å². The average molecular weight is 181 g/mol. The summed E-state index contributed by atoms with van der Waals surface area (Å²) in [4.78, 5) is 13.2. The van der Waals surface area contributed by atoms with Crippen LogP contribution in [0.25, 0.3) is 0 Å². The maximum atomic E-state index is 13.0. The monoisotopic (exact) mass is 181 g/mol. The summed E-state index contributed by atoms with van der Waals surface area (Å²) < 4.78 is 18.0. The van der Waals surface area contributed by atoms with Crippen LogP contribution in [0.5, 0.6) is 5.75 Å². The summed E-state index contributed by atoms with van der Waals surface area (Å²) in [5, 5.41) is 0. The van der Waals surface area contributed by atoms with E-state index < -0.39 is 5.82 Å². The van der Waals surface area contributed by atoms with E-state index in [0.29, 0.717) is 11.3 Å². The van der Waals surface area contributed by atoms with E-state index >= 15 is 0 Å². The molecule has 1 rings (SSSR count). The fourth-order valence-electron chi connectivity index (χ4n) is 1.05. The van der Waals surface area contributed by atoms with Crippen molar-refractivity contribution in [2.75, 3.05) is 7.11 Å². The van der Waals surface area contributed by atoms with Crippen molar-refractivity contribution < 1.29 is 13.9 Å². The summed E-state index contributed by atoms with van der Waals surface area (Å²) in [6.45, 7) is 1.62. The van der Waals surface area contributed by atoms with Crippen molar-refractivity contribution >= 4 is 11.8 Å². The first-order valence-electron chi connectivity index (χ1n) is 3.61. The zero-order valence-electron chi connectivity index (χ0n) is 7.30. The molecule has 0 aliphatic rings. The van der Waals surface area contributed by atoms with Gasteiger partial charge < -0.3 is 4.74 Å². The standard InChI is InChI=1S/C9H8FNO2/c1-6-8(13-2)4-3-7(10)9(6)11-5-12/h3-4H,1-2H3. The number of nitrogens with zero attached hydrogens (tertiary/aromatic N) is 1. The second-order valence-electron chi connectivity index (χ2n) is 2.43. The summed E-state index contributed by atoms with van der Waals surface area (Å²) in [6, 6.07) is 2.68. The molecule has 0 bridgehead atoms. The first kappa shape index (κ1) is 9.42. The zero-order chi connectivity index (χ0) is 9.84. The van der Waals surface area contributed by atoms with Gasteiger partial charge in [-0.05, 0) is 19.1 Å². The fourth-order valence-corrected chi connectivity index (χ4v) is 1.05. The Labute approximate surface area is 74.9 Å². The van der Waals surface area contributed by atoms with Gasteiger partial charge in [-0.3, -0.25) is 0 Å². The summed E-state index contributed by atoms with van der Waals surface area (Å²) >= 11 is 0. The molecule has 1 aromatic rings. The van der Waals surface area contributed by atoms with Crippen LogP contribution in [-0.2, 0) is 4.79 Å². The van der Waals surface area contributed by atoms with Gasteiger partial charge in [0, 0.05) is 5.56 Å². The quantitative estimate of drug-likeness (QED) is 0.517. The molecule has 13 heavy (non-hydrogen) atoms. The van der Waals surface area contributed by atoms with Gasteiger partial charge in [-0.2, -0.15) is 4.99 Å². The van der Waals surface area contributed by atoms with Crippen molar-refractivity contribution in [1.82, 2.24) is 0 Å². The Balaban J connectivity index is 3.37. The lowest BCUT2D eigenvalue weighted by atomic mass is 10.2. The van der Waals surface area contributed by atoms with Crippen LogP contribution in [0, 0.1) is 12.7 Å². The Morgan fingerprint density at radius 2 is 2.23 bits per heavy atom. The van der Waals surface area contributed by atoms with Crippen molar-refractivity contribution in [3.63, 3.8) is 0 Å². The molecule has 0 fully saturated rings. The van der Waals surface area contributed by atoms with Crippen molar-refractivity contribution in [1.29, 1.82) is 0 Å². The van der Waals surface area contributed by atoms with Gasteiger partial charge in [0.25, 0.3) is 0 Å². The molecule has 0 radical (unpaired) electrons. The Hall–Kier alpha value is -1.67. The number of halogens is 1. The van der Waals surface area contributed by atoms with Gasteiger partial charge in [0.05, 0.1) is 7.11 Å². The maximum Gasteiger partial charge on any atom is 0.240 e. The van der Waals surface area contributed by atoms with Crippen LogP contribution in [-0.4, -0.2) is 13.2 Å². The number of rotatable bonds is 2. The Kier molecular flexibility index (Phi) is 2.77. The van der Waals surface area contributed by atoms with Crippen molar-refractivity contribution in [2.45, 2.75) is 6.92 Å². The molecule has 0 spiro atoms. The van der Waals surface area contributed by atoms with Crippen molar-refractivity contribution in [3.05, 3.63) is 23.5 Å². The molecule has 0 saturated carbocycles. The number of hydrogen-bond donors (Lipinski definition) is 0. The van der Waals surface area contributed by atoms with Crippen LogP contribution in [0.1, 0.15) is 5.56 Å². The number of methoxy groups -OCH3 is 1. The van der Waals surface area contributed by atoms with E-state index in [9.17, 15) is 9.18 Å². The molecule has 1 aromatic carbocycles. The minimum absolute atomic E-state index is 0.0191. The first-order chi connectivity index (χ1) is 6.20. The van der Waals surface area contributed by atoms with Crippen LogP contribution < -0.4 is 4.74 Å². The highest BCUT2D eigenvalue weighted by molar-refractivity contribution is 5.58. The number of benzene rings is 1. The highest BCUT2D eigenvalue weighted by Gasteiger charge is 2.08. The van der Waals surface area contributed by atoms with Crippen LogP contribution >= 0.6 is 0 Å². The average Bonchev–Trinajstić information content (AvgIpc) is 2.12. The highest BCUT2D eigenvalue weighted by Crippen LogP contribution is 2.29. The van der Waals surface area contributed by atoms with E-state index in [-0.39, 0.29) is 5.69 Å². The van der Waals surface area contributed by atoms with E-state index in [0.717, 1.165) is 0 Å². The predicted molar refractivity (Wildman–Crippen MR) is 45.5 cm³/mol. The van der Waals surface area contributed by atoms with Gasteiger partial charge in [-0.1, -0.05) is 0 Å². The maximum absolute atomic E-state index is 13.0. The molecule has 3 nitrogen and oxygen atoms in total. The Bertz CT molecular complexity index is 370. The third-order valence-corrected chi connectivity index (χ3v) is 1.71. The molecule has 0 heterocycles. The van der Waals surface area contributed by atoms with Crippen LogP contribution in [0.4, 0.5) is 10.1 Å². The SMILES string of the molecule is COc1ccc(F)c(N=C=O)c1C. The Morgan fingerprint density at radius 3 is 2.77 bits per heavy atom. The number of hydrogen-bond acceptors (Lipinski definition) is 3. The van der Waals surface area contributed by atoms with E-state index in [1.807, 2.05) is 0 Å². The van der Waals surface area contributed by atoms with Crippen molar-refractivity contribution in [3.8, 4) is 5.75 Å². The minimum atomic E-state index is -0.554. The predicted octanol–water partition coefficient (Wildman–Crippen LogP) is 2.11. The molecule has 0 saturated heterocycles. The molecule has 0 amide bonds. The van der Waals surface area contributed by atoms with E-state index in [1.165, 1.54) is 25.3 Å². The smallest absolute Gasteiger partial charge is 0.240 e. The number of aliphatic imine (C=N–C) groups is 1. The molecule has 0 aliphatic carbocycles. The number of isocyanates is 1. The first-order valence-corrected chi connectivity index (χ1v) is 3.61. The topological polar surface area (TPSA) is 38.7 Å². The third kappa shape index (κ3) is 1.73. The lowest BCUT2D eigenvalue weighted by Gasteiger charge is -2.06. The number of carbonyl (C=O) groups excluding carboxylic acids is 1. The van der Waals surface area contributed by atoms with Gasteiger partial charge in [0.2, 0.25) is 6.08 Å². The highest BCUT2D eigenvalue weighted by atomic mass is 19.1. The summed E-state index contributed by atoms with van der Waals surface area (Å²) in [5.41, 5.74) is 0.472. The molecule has 0 aromatic heterocycles. The summed E-state index contributed by atoms with van der Waals surface area (Å²) in [5.74, 6) is -0.0583. The fraction of sp³-hybridized carbons (Fsp3) is 0.222. The van der Waals surface area contributed by atoms with E-state index in [1.54, 1.807) is 6.92 Å². The minimum Gasteiger partial charge on any atom is -0.496 e. The molecular weight excluding hydrogens is 173 g/mol. The lowest BCUT2D eigenvalue weighted by Crippen LogP contribution is -1.89. The molecule has 4 heteroatoms. The lowest BCUT2D eigenvalue weighted by molar-refractivity contribution is 0.410.